The number of imidazole rings is 1. The molecule has 0 saturated heterocycles. The van der Waals surface area contributed by atoms with Gasteiger partial charge in [-0.2, -0.15) is 5.26 Å². The molecule has 0 aliphatic carbocycles. The lowest BCUT2D eigenvalue weighted by molar-refractivity contribution is 0.202. The molecule has 0 amide bonds. The highest BCUT2D eigenvalue weighted by molar-refractivity contribution is 5.52. The predicted octanol–water partition coefficient (Wildman–Crippen LogP) is 2.44. The largest absolute Gasteiger partial charge is 0.493 e. The van der Waals surface area contributed by atoms with Gasteiger partial charge in [-0.15, -0.1) is 0 Å². The molecule has 0 aliphatic heterocycles. The molecule has 5 nitrogen and oxygen atoms in total. The van der Waals surface area contributed by atoms with Crippen molar-refractivity contribution in [2.75, 3.05) is 7.11 Å². The van der Waals surface area contributed by atoms with E-state index in [2.05, 4.69) is 11.1 Å². The fourth-order valence-electron chi connectivity index (χ4n) is 1.88. The Morgan fingerprint density at radius 3 is 2.79 bits per heavy atom. The zero-order valence-corrected chi connectivity index (χ0v) is 11.1. The molecule has 1 aromatic carbocycles. The number of para-hydroxylation sites is 1. The van der Waals surface area contributed by atoms with Gasteiger partial charge < -0.3 is 14.0 Å². The monoisotopic (exact) mass is 257 g/mol. The highest BCUT2D eigenvalue weighted by atomic mass is 16.5. The zero-order chi connectivity index (χ0) is 13.8. The number of aryl methyl sites for hydroxylation is 1. The Morgan fingerprint density at radius 2 is 2.21 bits per heavy atom. The van der Waals surface area contributed by atoms with Crippen LogP contribution in [0.2, 0.25) is 0 Å². The summed E-state index contributed by atoms with van der Waals surface area (Å²) in [5.74, 6) is 1.78. The number of nitriles is 1. The SMILES string of the molecule is COc1cccc(C#N)c1OC(C)c1nccn1C. The molecule has 0 bridgehead atoms. The van der Waals surface area contributed by atoms with Crippen LogP contribution in [0.4, 0.5) is 0 Å². The van der Waals surface area contributed by atoms with Gasteiger partial charge in [0.15, 0.2) is 17.6 Å². The normalized spacial score (nSPS) is 11.7. The first kappa shape index (κ1) is 13.0. The lowest BCUT2D eigenvalue weighted by Gasteiger charge is -2.17. The number of rotatable bonds is 4. The van der Waals surface area contributed by atoms with Gasteiger partial charge in [0.05, 0.1) is 12.7 Å². The smallest absolute Gasteiger partial charge is 0.179 e. The standard InChI is InChI=1S/C14H15N3O2/c1-10(14-16-7-8-17(14)2)19-13-11(9-15)5-4-6-12(13)18-3/h4-8,10H,1-3H3. The fraction of sp³-hybridized carbons (Fsp3) is 0.286. The number of benzene rings is 1. The van der Waals surface area contributed by atoms with Crippen molar-refractivity contribution in [1.82, 2.24) is 9.55 Å². The van der Waals surface area contributed by atoms with Crippen LogP contribution >= 0.6 is 0 Å². The summed E-state index contributed by atoms with van der Waals surface area (Å²) in [6.07, 6.45) is 3.29. The number of ether oxygens (including phenoxy) is 2. The molecular formula is C14H15N3O2. The summed E-state index contributed by atoms with van der Waals surface area (Å²) < 4.78 is 13.0. The molecule has 0 fully saturated rings. The molecule has 1 aromatic heterocycles. The van der Waals surface area contributed by atoms with Crippen molar-refractivity contribution in [1.29, 1.82) is 5.26 Å². The van der Waals surface area contributed by atoms with E-state index in [1.165, 1.54) is 0 Å². The Labute approximate surface area is 112 Å². The van der Waals surface area contributed by atoms with Crippen molar-refractivity contribution in [3.8, 4) is 17.6 Å². The van der Waals surface area contributed by atoms with E-state index in [-0.39, 0.29) is 6.10 Å². The van der Waals surface area contributed by atoms with Gasteiger partial charge in [-0.05, 0) is 19.1 Å². The Kier molecular flexibility index (Phi) is 3.71. The summed E-state index contributed by atoms with van der Waals surface area (Å²) in [7, 11) is 3.45. The molecule has 1 heterocycles. The van der Waals surface area contributed by atoms with Crippen molar-refractivity contribution >= 4 is 0 Å². The van der Waals surface area contributed by atoms with Crippen molar-refractivity contribution < 1.29 is 9.47 Å². The van der Waals surface area contributed by atoms with Crippen LogP contribution in [0.3, 0.4) is 0 Å². The van der Waals surface area contributed by atoms with Crippen LogP contribution in [0, 0.1) is 11.3 Å². The van der Waals surface area contributed by atoms with Gasteiger partial charge in [0.25, 0.3) is 0 Å². The van der Waals surface area contributed by atoms with Gasteiger partial charge >= 0.3 is 0 Å². The Hall–Kier alpha value is -2.48. The van der Waals surface area contributed by atoms with E-state index in [0.717, 1.165) is 5.82 Å². The van der Waals surface area contributed by atoms with Gasteiger partial charge in [-0.3, -0.25) is 0 Å². The summed E-state index contributed by atoms with van der Waals surface area (Å²) in [6.45, 7) is 1.88. The predicted molar refractivity (Wildman–Crippen MR) is 70.0 cm³/mol. The molecule has 0 spiro atoms. The highest BCUT2D eigenvalue weighted by Gasteiger charge is 2.17. The van der Waals surface area contributed by atoms with Crippen LogP contribution in [-0.2, 0) is 7.05 Å². The number of nitrogens with zero attached hydrogens (tertiary/aromatic N) is 3. The fourth-order valence-corrected chi connectivity index (χ4v) is 1.88. The first-order valence-corrected chi connectivity index (χ1v) is 5.88. The van der Waals surface area contributed by atoms with E-state index in [9.17, 15) is 0 Å². The van der Waals surface area contributed by atoms with Crippen molar-refractivity contribution in [2.24, 2.45) is 7.05 Å². The summed E-state index contributed by atoms with van der Waals surface area (Å²) in [4.78, 5) is 4.24. The average Bonchev–Trinajstić information content (AvgIpc) is 2.85. The molecular weight excluding hydrogens is 242 g/mol. The van der Waals surface area contributed by atoms with Crippen LogP contribution < -0.4 is 9.47 Å². The van der Waals surface area contributed by atoms with Crippen molar-refractivity contribution in [3.63, 3.8) is 0 Å². The maximum Gasteiger partial charge on any atom is 0.179 e. The van der Waals surface area contributed by atoms with Gasteiger partial charge in [0.1, 0.15) is 11.9 Å². The van der Waals surface area contributed by atoms with Gasteiger partial charge in [0.2, 0.25) is 0 Å². The van der Waals surface area contributed by atoms with E-state index in [0.29, 0.717) is 17.1 Å². The van der Waals surface area contributed by atoms with Crippen LogP contribution in [0.15, 0.2) is 30.6 Å². The quantitative estimate of drug-likeness (QED) is 0.844. The molecule has 0 aliphatic rings. The summed E-state index contributed by atoms with van der Waals surface area (Å²) >= 11 is 0. The van der Waals surface area contributed by atoms with E-state index in [1.807, 2.05) is 24.7 Å². The number of hydrogen-bond acceptors (Lipinski definition) is 4. The molecule has 0 radical (unpaired) electrons. The lowest BCUT2D eigenvalue weighted by atomic mass is 10.2. The Bertz CT molecular complexity index is 613. The van der Waals surface area contributed by atoms with E-state index in [1.54, 1.807) is 31.5 Å². The molecule has 1 unspecified atom stereocenters. The Morgan fingerprint density at radius 1 is 1.42 bits per heavy atom. The second kappa shape index (κ2) is 5.44. The number of aromatic nitrogens is 2. The lowest BCUT2D eigenvalue weighted by Crippen LogP contribution is -2.10. The highest BCUT2D eigenvalue weighted by Crippen LogP contribution is 2.33. The van der Waals surface area contributed by atoms with Crippen molar-refractivity contribution in [2.45, 2.75) is 13.0 Å². The van der Waals surface area contributed by atoms with Crippen LogP contribution in [0.1, 0.15) is 24.4 Å². The van der Waals surface area contributed by atoms with E-state index >= 15 is 0 Å². The maximum absolute atomic E-state index is 9.13. The third-order valence-corrected chi connectivity index (χ3v) is 2.84. The number of methoxy groups -OCH3 is 1. The molecule has 98 valence electrons. The van der Waals surface area contributed by atoms with Gasteiger partial charge in [0, 0.05) is 19.4 Å². The topological polar surface area (TPSA) is 60.1 Å². The minimum absolute atomic E-state index is 0.275. The molecule has 0 N–H and O–H groups in total. The van der Waals surface area contributed by atoms with Crippen LogP contribution in [0.25, 0.3) is 0 Å². The zero-order valence-electron chi connectivity index (χ0n) is 11.1. The molecule has 19 heavy (non-hydrogen) atoms. The Balaban J connectivity index is 2.33. The van der Waals surface area contributed by atoms with Crippen molar-refractivity contribution in [3.05, 3.63) is 42.0 Å². The minimum atomic E-state index is -0.275. The van der Waals surface area contributed by atoms with Crippen LogP contribution in [-0.4, -0.2) is 16.7 Å². The van der Waals surface area contributed by atoms with Gasteiger partial charge in [-0.25, -0.2) is 4.98 Å². The van der Waals surface area contributed by atoms with E-state index in [4.69, 9.17) is 14.7 Å². The number of hydrogen-bond donors (Lipinski definition) is 0. The molecule has 2 rings (SSSR count). The molecule has 2 aromatic rings. The summed E-state index contributed by atoms with van der Waals surface area (Å²) in [5, 5.41) is 9.13. The van der Waals surface area contributed by atoms with E-state index < -0.39 is 0 Å². The average molecular weight is 257 g/mol. The van der Waals surface area contributed by atoms with Gasteiger partial charge in [-0.1, -0.05) is 6.07 Å². The molecule has 0 saturated carbocycles. The second-order valence-electron chi connectivity index (χ2n) is 4.11. The first-order chi connectivity index (χ1) is 9.17. The van der Waals surface area contributed by atoms with Crippen LogP contribution in [0.5, 0.6) is 11.5 Å². The third kappa shape index (κ3) is 2.52. The molecule has 1 atom stereocenters. The molecule has 5 heteroatoms. The summed E-state index contributed by atoms with van der Waals surface area (Å²) in [5.41, 5.74) is 0.445. The third-order valence-electron chi connectivity index (χ3n) is 2.84. The second-order valence-corrected chi connectivity index (χ2v) is 4.11. The minimum Gasteiger partial charge on any atom is -0.493 e. The maximum atomic E-state index is 9.13. The summed E-state index contributed by atoms with van der Waals surface area (Å²) in [6, 6.07) is 7.33. The first-order valence-electron chi connectivity index (χ1n) is 5.88.